The van der Waals surface area contributed by atoms with Gasteiger partial charge in [0, 0.05) is 12.3 Å². The third-order valence-electron chi connectivity index (χ3n) is 2.72. The van der Waals surface area contributed by atoms with Crippen LogP contribution in [0.3, 0.4) is 0 Å². The predicted octanol–water partition coefficient (Wildman–Crippen LogP) is 2.14. The molecule has 1 rings (SSSR count). The van der Waals surface area contributed by atoms with Gasteiger partial charge in [0.25, 0.3) is 5.56 Å². The molecule has 0 atom stereocenters. The Morgan fingerprint density at radius 3 is 2.55 bits per heavy atom. The lowest BCUT2D eigenvalue weighted by Crippen LogP contribution is -2.17. The van der Waals surface area contributed by atoms with Crippen molar-refractivity contribution < 1.29 is 5.11 Å². The highest BCUT2D eigenvalue weighted by Crippen LogP contribution is 2.18. The maximum Gasteiger partial charge on any atom is 0.258 e. The summed E-state index contributed by atoms with van der Waals surface area (Å²) in [6.45, 7) is 5.07. The van der Waals surface area contributed by atoms with Gasteiger partial charge in [-0.15, -0.1) is 12.4 Å². The topological polar surface area (TPSA) is 69.2 Å². The third-order valence-corrected chi connectivity index (χ3v) is 3.57. The molecule has 7 heteroatoms. The molecule has 0 radical (unpaired) electrons. The average molecular weight is 322 g/mol. The Labute approximate surface area is 130 Å². The quantitative estimate of drug-likeness (QED) is 0.595. The monoisotopic (exact) mass is 321 g/mol. The number of nitrogens with one attached hydrogen (secondary N) is 1. The van der Waals surface area contributed by atoms with E-state index in [1.165, 1.54) is 11.8 Å². The first-order valence-corrected chi connectivity index (χ1v) is 7.48. The summed E-state index contributed by atoms with van der Waals surface area (Å²) < 4.78 is 0. The second-order valence-corrected chi connectivity index (χ2v) is 6.34. The van der Waals surface area contributed by atoms with Crippen LogP contribution in [0.15, 0.2) is 9.95 Å². The van der Waals surface area contributed by atoms with Crippen LogP contribution < -0.4 is 5.56 Å². The van der Waals surface area contributed by atoms with E-state index < -0.39 is 0 Å². The molecule has 0 saturated carbocycles. The van der Waals surface area contributed by atoms with E-state index in [-0.39, 0.29) is 23.8 Å². The lowest BCUT2D eigenvalue weighted by Gasteiger charge is -2.09. The molecule has 0 spiro atoms. The standard InChI is InChI=1S/C13H23N3O2S.ClH/c1-9(2)5-6-10-11(17)14-13(15-12(10)18)19-8-7-16(3)4;/h9H,5-8H2,1-4H3,(H2,14,15,17,18);1H. The summed E-state index contributed by atoms with van der Waals surface area (Å²) >= 11 is 1.44. The van der Waals surface area contributed by atoms with Gasteiger partial charge < -0.3 is 15.0 Å². The van der Waals surface area contributed by atoms with Gasteiger partial charge in [-0.05, 0) is 32.9 Å². The molecule has 0 amide bonds. The first kappa shape index (κ1) is 19.3. The van der Waals surface area contributed by atoms with Gasteiger partial charge >= 0.3 is 0 Å². The summed E-state index contributed by atoms with van der Waals surface area (Å²) in [4.78, 5) is 20.7. The van der Waals surface area contributed by atoms with Crippen LogP contribution in [-0.4, -0.2) is 46.4 Å². The summed E-state index contributed by atoms with van der Waals surface area (Å²) in [6, 6.07) is 0. The van der Waals surface area contributed by atoms with Gasteiger partial charge in [-0.25, -0.2) is 0 Å². The zero-order valence-electron chi connectivity index (χ0n) is 12.5. The molecular weight excluding hydrogens is 298 g/mol. The molecule has 1 aromatic heterocycles. The molecule has 2 N–H and O–H groups in total. The number of halogens is 1. The summed E-state index contributed by atoms with van der Waals surface area (Å²) in [5.74, 6) is 1.19. The molecule has 0 unspecified atom stereocenters. The van der Waals surface area contributed by atoms with Crippen molar-refractivity contribution in [2.75, 3.05) is 26.4 Å². The van der Waals surface area contributed by atoms with E-state index in [9.17, 15) is 9.90 Å². The van der Waals surface area contributed by atoms with Crippen molar-refractivity contribution in [3.8, 4) is 5.88 Å². The number of aromatic amines is 1. The smallest absolute Gasteiger partial charge is 0.258 e. The van der Waals surface area contributed by atoms with Crippen molar-refractivity contribution >= 4 is 24.2 Å². The Morgan fingerprint density at radius 1 is 1.40 bits per heavy atom. The van der Waals surface area contributed by atoms with E-state index >= 15 is 0 Å². The highest BCUT2D eigenvalue weighted by Gasteiger charge is 2.11. The molecule has 0 saturated heterocycles. The molecule has 20 heavy (non-hydrogen) atoms. The Balaban J connectivity index is 0.00000361. The second-order valence-electron chi connectivity index (χ2n) is 5.26. The van der Waals surface area contributed by atoms with Crippen LogP contribution in [-0.2, 0) is 6.42 Å². The number of hydrogen-bond acceptors (Lipinski definition) is 5. The Kier molecular flexibility index (Phi) is 8.93. The average Bonchev–Trinajstić information content (AvgIpc) is 2.26. The third kappa shape index (κ3) is 6.63. The number of aromatic hydroxyl groups is 1. The highest BCUT2D eigenvalue weighted by molar-refractivity contribution is 7.99. The number of aromatic nitrogens is 2. The van der Waals surface area contributed by atoms with E-state index in [4.69, 9.17) is 0 Å². The fraction of sp³-hybridized carbons (Fsp3) is 0.692. The summed E-state index contributed by atoms with van der Waals surface area (Å²) in [5.41, 5.74) is 0.172. The van der Waals surface area contributed by atoms with Gasteiger partial charge in [0.15, 0.2) is 5.16 Å². The molecular formula is C13H24ClN3O2S. The number of rotatable bonds is 7. The molecule has 1 aromatic rings. The van der Waals surface area contributed by atoms with Crippen molar-refractivity contribution in [3.05, 3.63) is 15.9 Å². The summed E-state index contributed by atoms with van der Waals surface area (Å²) in [6.07, 6.45) is 1.43. The van der Waals surface area contributed by atoms with Crippen LogP contribution >= 0.6 is 24.2 Å². The molecule has 0 aliphatic heterocycles. The van der Waals surface area contributed by atoms with E-state index in [2.05, 4.69) is 28.7 Å². The summed E-state index contributed by atoms with van der Waals surface area (Å²) in [7, 11) is 3.98. The summed E-state index contributed by atoms with van der Waals surface area (Å²) in [5, 5.41) is 10.3. The van der Waals surface area contributed by atoms with Crippen molar-refractivity contribution in [1.82, 2.24) is 14.9 Å². The van der Waals surface area contributed by atoms with Gasteiger partial charge in [0.05, 0.1) is 5.56 Å². The largest absolute Gasteiger partial charge is 0.493 e. The molecule has 116 valence electrons. The van der Waals surface area contributed by atoms with Gasteiger partial charge in [0.1, 0.15) is 0 Å². The highest BCUT2D eigenvalue weighted by atomic mass is 35.5. The van der Waals surface area contributed by atoms with Crippen LogP contribution in [0.4, 0.5) is 0 Å². The first-order chi connectivity index (χ1) is 8.90. The van der Waals surface area contributed by atoms with Crippen molar-refractivity contribution in [2.24, 2.45) is 5.92 Å². The minimum absolute atomic E-state index is 0. The number of nitrogens with zero attached hydrogens (tertiary/aromatic N) is 2. The zero-order chi connectivity index (χ0) is 14.4. The van der Waals surface area contributed by atoms with Gasteiger partial charge in [-0.3, -0.25) is 4.79 Å². The van der Waals surface area contributed by atoms with Gasteiger partial charge in [-0.2, -0.15) is 4.98 Å². The van der Waals surface area contributed by atoms with Crippen molar-refractivity contribution in [2.45, 2.75) is 31.8 Å². The normalized spacial score (nSPS) is 10.9. The van der Waals surface area contributed by atoms with Crippen LogP contribution in [0, 0.1) is 5.92 Å². The van der Waals surface area contributed by atoms with Crippen LogP contribution in [0.25, 0.3) is 0 Å². The molecule has 5 nitrogen and oxygen atoms in total. The van der Waals surface area contributed by atoms with Crippen LogP contribution in [0.1, 0.15) is 25.8 Å². The van der Waals surface area contributed by atoms with Crippen LogP contribution in [0.5, 0.6) is 5.88 Å². The molecule has 0 aliphatic rings. The Bertz CT molecular complexity index is 463. The molecule has 0 aromatic carbocycles. The Hall–Kier alpha value is -0.720. The molecule has 0 bridgehead atoms. The maximum atomic E-state index is 11.9. The van der Waals surface area contributed by atoms with Gasteiger partial charge in [0.2, 0.25) is 5.88 Å². The number of H-pyrrole nitrogens is 1. The molecule has 0 aliphatic carbocycles. The number of thioether (sulfide) groups is 1. The van der Waals surface area contributed by atoms with Gasteiger partial charge in [-0.1, -0.05) is 25.6 Å². The fourth-order valence-electron chi connectivity index (χ4n) is 1.52. The van der Waals surface area contributed by atoms with Crippen molar-refractivity contribution in [1.29, 1.82) is 0 Å². The zero-order valence-corrected chi connectivity index (χ0v) is 14.1. The maximum absolute atomic E-state index is 11.9. The molecule has 0 fully saturated rings. The predicted molar refractivity (Wildman–Crippen MR) is 86.2 cm³/mol. The van der Waals surface area contributed by atoms with E-state index in [0.29, 0.717) is 23.1 Å². The number of hydrogen-bond donors (Lipinski definition) is 2. The lowest BCUT2D eigenvalue weighted by molar-refractivity contribution is 0.430. The minimum atomic E-state index is -0.222. The first-order valence-electron chi connectivity index (χ1n) is 6.49. The SMILES string of the molecule is CC(C)CCc1c(O)nc(SCCN(C)C)[nH]c1=O.Cl. The fourth-order valence-corrected chi connectivity index (χ4v) is 2.48. The van der Waals surface area contributed by atoms with E-state index in [1.807, 2.05) is 14.1 Å². The van der Waals surface area contributed by atoms with Crippen molar-refractivity contribution in [3.63, 3.8) is 0 Å². The minimum Gasteiger partial charge on any atom is -0.493 e. The second kappa shape index (κ2) is 9.26. The van der Waals surface area contributed by atoms with E-state index in [0.717, 1.165) is 18.7 Å². The lowest BCUT2D eigenvalue weighted by atomic mass is 10.0. The van der Waals surface area contributed by atoms with Crippen LogP contribution in [0.2, 0.25) is 0 Å². The molecule has 1 heterocycles. The van der Waals surface area contributed by atoms with E-state index in [1.54, 1.807) is 0 Å². The Morgan fingerprint density at radius 2 is 2.05 bits per heavy atom.